The second-order valence-corrected chi connectivity index (χ2v) is 5.67. The van der Waals surface area contributed by atoms with Crippen LogP contribution in [0.25, 0.3) is 0 Å². The van der Waals surface area contributed by atoms with Gasteiger partial charge in [0.15, 0.2) is 11.5 Å². The standard InChI is InChI=1S/C16H20O4/c1-4-10(2)15(17)16(5-6-16)11-7-12(18-3)14-13(8-11)19-9-20-14/h7-8,10H,4-6,9H2,1-3H3. The monoisotopic (exact) mass is 276 g/mol. The van der Waals surface area contributed by atoms with E-state index in [1.165, 1.54) is 0 Å². The molecule has 20 heavy (non-hydrogen) atoms. The van der Waals surface area contributed by atoms with Crippen molar-refractivity contribution in [1.82, 2.24) is 0 Å². The fourth-order valence-electron chi connectivity index (χ4n) is 2.87. The maximum atomic E-state index is 12.6. The van der Waals surface area contributed by atoms with Crippen LogP contribution < -0.4 is 14.2 Å². The molecule has 1 heterocycles. The lowest BCUT2D eigenvalue weighted by molar-refractivity contribution is -0.125. The molecule has 1 saturated carbocycles. The molecular weight excluding hydrogens is 256 g/mol. The molecule has 1 aromatic carbocycles. The fraction of sp³-hybridized carbons (Fsp3) is 0.562. The third kappa shape index (κ3) is 1.86. The lowest BCUT2D eigenvalue weighted by Gasteiger charge is -2.19. The van der Waals surface area contributed by atoms with E-state index in [0.717, 1.165) is 24.8 Å². The van der Waals surface area contributed by atoms with E-state index in [4.69, 9.17) is 14.2 Å². The Bertz CT molecular complexity index is 546. The second-order valence-electron chi connectivity index (χ2n) is 5.67. The van der Waals surface area contributed by atoms with Gasteiger partial charge in [0.2, 0.25) is 12.5 Å². The number of hydrogen-bond acceptors (Lipinski definition) is 4. The number of rotatable bonds is 5. The second kappa shape index (κ2) is 4.69. The van der Waals surface area contributed by atoms with E-state index >= 15 is 0 Å². The number of methoxy groups -OCH3 is 1. The summed E-state index contributed by atoms with van der Waals surface area (Å²) in [4.78, 5) is 12.6. The molecule has 0 saturated heterocycles. The first-order valence-electron chi connectivity index (χ1n) is 7.15. The Hall–Kier alpha value is -1.71. The van der Waals surface area contributed by atoms with Gasteiger partial charge in [0.1, 0.15) is 5.78 Å². The van der Waals surface area contributed by atoms with Gasteiger partial charge in [0.05, 0.1) is 12.5 Å². The van der Waals surface area contributed by atoms with Crippen LogP contribution in [0.4, 0.5) is 0 Å². The molecule has 0 amide bonds. The molecule has 3 rings (SSSR count). The molecule has 2 aliphatic rings. The number of carbonyl (C=O) groups excluding carboxylic acids is 1. The molecule has 1 aliphatic carbocycles. The van der Waals surface area contributed by atoms with Crippen molar-refractivity contribution in [3.05, 3.63) is 17.7 Å². The van der Waals surface area contributed by atoms with Crippen molar-refractivity contribution in [3.63, 3.8) is 0 Å². The van der Waals surface area contributed by atoms with Crippen LogP contribution in [0, 0.1) is 5.92 Å². The van der Waals surface area contributed by atoms with Crippen LogP contribution in [-0.2, 0) is 10.2 Å². The molecule has 1 aliphatic heterocycles. The maximum Gasteiger partial charge on any atom is 0.231 e. The van der Waals surface area contributed by atoms with Gasteiger partial charge in [-0.3, -0.25) is 4.79 Å². The molecule has 1 unspecified atom stereocenters. The summed E-state index contributed by atoms with van der Waals surface area (Å²) in [6.45, 7) is 4.27. The van der Waals surface area contributed by atoms with Crippen molar-refractivity contribution in [2.75, 3.05) is 13.9 Å². The normalized spacial score (nSPS) is 19.6. The van der Waals surface area contributed by atoms with Crippen LogP contribution >= 0.6 is 0 Å². The lowest BCUT2D eigenvalue weighted by atomic mass is 9.84. The Balaban J connectivity index is 2.01. The predicted octanol–water partition coefficient (Wildman–Crippen LogP) is 3.07. The fourth-order valence-corrected chi connectivity index (χ4v) is 2.87. The van der Waals surface area contributed by atoms with Gasteiger partial charge in [-0.05, 0) is 37.0 Å². The van der Waals surface area contributed by atoms with Crippen molar-refractivity contribution >= 4 is 5.78 Å². The quantitative estimate of drug-likeness (QED) is 0.829. The highest BCUT2D eigenvalue weighted by molar-refractivity contribution is 5.95. The van der Waals surface area contributed by atoms with Gasteiger partial charge in [-0.2, -0.15) is 0 Å². The van der Waals surface area contributed by atoms with E-state index < -0.39 is 0 Å². The van der Waals surface area contributed by atoms with Gasteiger partial charge < -0.3 is 14.2 Å². The summed E-state index contributed by atoms with van der Waals surface area (Å²) >= 11 is 0. The highest BCUT2D eigenvalue weighted by Crippen LogP contribution is 2.54. The zero-order chi connectivity index (χ0) is 14.3. The van der Waals surface area contributed by atoms with E-state index in [0.29, 0.717) is 23.0 Å². The van der Waals surface area contributed by atoms with Crippen LogP contribution in [-0.4, -0.2) is 19.7 Å². The van der Waals surface area contributed by atoms with Gasteiger partial charge in [-0.1, -0.05) is 13.8 Å². The Morgan fingerprint density at radius 2 is 2.15 bits per heavy atom. The van der Waals surface area contributed by atoms with Crippen molar-refractivity contribution in [2.45, 2.75) is 38.5 Å². The van der Waals surface area contributed by atoms with E-state index in [1.54, 1.807) is 7.11 Å². The van der Waals surface area contributed by atoms with Gasteiger partial charge in [0, 0.05) is 5.92 Å². The molecule has 0 bridgehead atoms. The number of hydrogen-bond donors (Lipinski definition) is 0. The summed E-state index contributed by atoms with van der Waals surface area (Å²) in [6, 6.07) is 3.87. The number of Topliss-reactive ketones (excluding diaryl/α,β-unsaturated/α-hetero) is 1. The number of fused-ring (bicyclic) bond motifs is 1. The largest absolute Gasteiger partial charge is 0.493 e. The molecule has 0 aromatic heterocycles. The molecule has 0 spiro atoms. The first kappa shape index (κ1) is 13.3. The zero-order valence-electron chi connectivity index (χ0n) is 12.2. The molecule has 1 atom stereocenters. The van der Waals surface area contributed by atoms with Crippen LogP contribution in [0.1, 0.15) is 38.7 Å². The van der Waals surface area contributed by atoms with E-state index in [1.807, 2.05) is 19.1 Å². The van der Waals surface area contributed by atoms with Crippen molar-refractivity contribution in [1.29, 1.82) is 0 Å². The first-order chi connectivity index (χ1) is 9.62. The van der Waals surface area contributed by atoms with E-state index in [-0.39, 0.29) is 18.1 Å². The van der Waals surface area contributed by atoms with Gasteiger partial charge in [-0.25, -0.2) is 0 Å². The summed E-state index contributed by atoms with van der Waals surface area (Å²) < 4.78 is 16.2. The van der Waals surface area contributed by atoms with E-state index in [9.17, 15) is 4.79 Å². The van der Waals surface area contributed by atoms with E-state index in [2.05, 4.69) is 6.92 Å². The van der Waals surface area contributed by atoms with Crippen molar-refractivity contribution in [2.24, 2.45) is 5.92 Å². The van der Waals surface area contributed by atoms with Crippen molar-refractivity contribution in [3.8, 4) is 17.2 Å². The van der Waals surface area contributed by atoms with Gasteiger partial charge in [0.25, 0.3) is 0 Å². The summed E-state index contributed by atoms with van der Waals surface area (Å²) in [7, 11) is 1.61. The highest BCUT2D eigenvalue weighted by atomic mass is 16.7. The number of benzene rings is 1. The summed E-state index contributed by atoms with van der Waals surface area (Å²) in [5.74, 6) is 2.40. The minimum Gasteiger partial charge on any atom is -0.493 e. The number of ether oxygens (including phenoxy) is 3. The Morgan fingerprint density at radius 3 is 2.75 bits per heavy atom. The molecular formula is C16H20O4. The average Bonchev–Trinajstić information content (AvgIpc) is 3.15. The Morgan fingerprint density at radius 1 is 1.40 bits per heavy atom. The van der Waals surface area contributed by atoms with Crippen LogP contribution in [0.3, 0.4) is 0 Å². The average molecular weight is 276 g/mol. The highest BCUT2D eigenvalue weighted by Gasteiger charge is 2.52. The van der Waals surface area contributed by atoms with Gasteiger partial charge >= 0.3 is 0 Å². The third-order valence-corrected chi connectivity index (χ3v) is 4.49. The van der Waals surface area contributed by atoms with Gasteiger partial charge in [-0.15, -0.1) is 0 Å². The van der Waals surface area contributed by atoms with Crippen LogP contribution in [0.5, 0.6) is 17.2 Å². The lowest BCUT2D eigenvalue weighted by Crippen LogP contribution is -2.26. The molecule has 4 nitrogen and oxygen atoms in total. The summed E-state index contributed by atoms with van der Waals surface area (Å²) in [5.41, 5.74) is 0.674. The number of carbonyl (C=O) groups is 1. The minimum atomic E-state index is -0.330. The summed E-state index contributed by atoms with van der Waals surface area (Å²) in [6.07, 6.45) is 2.71. The SMILES string of the molecule is CCC(C)C(=O)C1(c2cc(OC)c3c(c2)OCO3)CC1. The third-order valence-electron chi connectivity index (χ3n) is 4.49. The minimum absolute atomic E-state index is 0.0916. The zero-order valence-corrected chi connectivity index (χ0v) is 12.2. The van der Waals surface area contributed by atoms with Crippen molar-refractivity contribution < 1.29 is 19.0 Å². The maximum absolute atomic E-state index is 12.6. The van der Waals surface area contributed by atoms with Crippen LogP contribution in [0.15, 0.2) is 12.1 Å². The molecule has 0 radical (unpaired) electrons. The summed E-state index contributed by atoms with van der Waals surface area (Å²) in [5, 5.41) is 0. The van der Waals surface area contributed by atoms with Crippen LogP contribution in [0.2, 0.25) is 0 Å². The number of ketones is 1. The predicted molar refractivity (Wildman–Crippen MR) is 74.5 cm³/mol. The molecule has 4 heteroatoms. The molecule has 1 aromatic rings. The first-order valence-corrected chi connectivity index (χ1v) is 7.15. The molecule has 1 fully saturated rings. The topological polar surface area (TPSA) is 44.8 Å². The smallest absolute Gasteiger partial charge is 0.231 e. The Kier molecular flexibility index (Phi) is 3.11. The Labute approximate surface area is 119 Å². The molecule has 108 valence electrons. The molecule has 0 N–H and O–H groups in total.